The van der Waals surface area contributed by atoms with E-state index >= 15 is 0 Å². The molecule has 11 aromatic rings. The van der Waals surface area contributed by atoms with Crippen molar-refractivity contribution in [3.8, 4) is 83.6 Å². The van der Waals surface area contributed by atoms with Crippen molar-refractivity contribution in [2.24, 2.45) is 0 Å². The Hall–Kier alpha value is -8.20. The van der Waals surface area contributed by atoms with E-state index in [2.05, 4.69) is 246 Å². The van der Waals surface area contributed by atoms with Crippen LogP contribution in [-0.4, -0.2) is 4.57 Å². The molecule has 1 aliphatic rings. The second kappa shape index (κ2) is 14.8. The smallest absolute Gasteiger partial charge is 0.0620 e. The molecule has 1 aromatic heterocycles. The van der Waals surface area contributed by atoms with Crippen LogP contribution in [0.2, 0.25) is 0 Å². The van der Waals surface area contributed by atoms with Gasteiger partial charge in [0, 0.05) is 38.8 Å². The quantitative estimate of drug-likeness (QED) is 0.170. The molecule has 0 radical (unpaired) electrons. The second-order valence-electron chi connectivity index (χ2n) is 16.2. The summed E-state index contributed by atoms with van der Waals surface area (Å²) in [6.07, 6.45) is 0. The van der Waals surface area contributed by atoms with Crippen LogP contribution in [0.25, 0.3) is 105 Å². The lowest BCUT2D eigenvalue weighted by molar-refractivity contribution is 1.19. The standard InChI is InChI=1S/C60H40N2/c1-2-14-40(15-3-1)44-16-12-17-45(36-44)42-32-34-49(35-33-42)61-57-25-9-6-20-50(57)47-19-13-18-46(37-47)41-28-30-43(31-29-41)48-38-55-52-22-5-4-21-51(52)53-23-7-10-26-58(53)62-59-27-11-8-24-54(59)56(39-48)60(55)62/h1-39,61H. The highest BCUT2D eigenvalue weighted by Gasteiger charge is 2.25. The summed E-state index contributed by atoms with van der Waals surface area (Å²) >= 11 is 0. The molecule has 62 heavy (non-hydrogen) atoms. The van der Waals surface area contributed by atoms with Crippen molar-refractivity contribution < 1.29 is 0 Å². The Morgan fingerprint density at radius 1 is 0.274 bits per heavy atom. The largest absolute Gasteiger partial charge is 0.355 e. The van der Waals surface area contributed by atoms with E-state index in [0.29, 0.717) is 0 Å². The van der Waals surface area contributed by atoms with E-state index < -0.39 is 0 Å². The minimum Gasteiger partial charge on any atom is -0.355 e. The second-order valence-corrected chi connectivity index (χ2v) is 16.2. The van der Waals surface area contributed by atoms with Crippen LogP contribution in [0.15, 0.2) is 237 Å². The van der Waals surface area contributed by atoms with E-state index in [1.54, 1.807) is 0 Å². The van der Waals surface area contributed by atoms with Crippen LogP contribution in [0.4, 0.5) is 11.4 Å². The maximum Gasteiger partial charge on any atom is 0.0620 e. The number of nitrogens with one attached hydrogen (secondary N) is 1. The number of benzene rings is 10. The van der Waals surface area contributed by atoms with Crippen molar-refractivity contribution in [2.45, 2.75) is 0 Å². The van der Waals surface area contributed by atoms with Gasteiger partial charge in [0.25, 0.3) is 0 Å². The number of anilines is 2. The third kappa shape index (κ3) is 6.12. The van der Waals surface area contributed by atoms with Crippen LogP contribution in [0.3, 0.4) is 0 Å². The first-order valence-corrected chi connectivity index (χ1v) is 21.3. The summed E-state index contributed by atoms with van der Waals surface area (Å²) in [4.78, 5) is 0. The van der Waals surface area contributed by atoms with Gasteiger partial charge in [0.1, 0.15) is 0 Å². The zero-order valence-electron chi connectivity index (χ0n) is 34.0. The average Bonchev–Trinajstić information content (AvgIpc) is 3.62. The topological polar surface area (TPSA) is 17.0 Å². The molecule has 2 nitrogen and oxygen atoms in total. The SMILES string of the molecule is c1ccc(-c2cccc(-c3ccc(Nc4ccccc4-c4cccc(-c5ccc(-c6cc7c8c(c6)c6ccccc6n8-c6ccccc6-c6ccccc6-7)cc5)c4)cc3)c2)cc1. The molecular formula is C60H40N2. The molecule has 0 unspecified atom stereocenters. The van der Waals surface area contributed by atoms with Gasteiger partial charge in [0.05, 0.1) is 16.7 Å². The fourth-order valence-corrected chi connectivity index (χ4v) is 9.54. The van der Waals surface area contributed by atoms with Crippen molar-refractivity contribution in [1.82, 2.24) is 4.57 Å². The van der Waals surface area contributed by atoms with Crippen molar-refractivity contribution in [3.05, 3.63) is 237 Å². The van der Waals surface area contributed by atoms with Gasteiger partial charge in [0.2, 0.25) is 0 Å². The number of rotatable bonds is 7. The maximum atomic E-state index is 3.72. The van der Waals surface area contributed by atoms with E-state index in [9.17, 15) is 0 Å². The molecule has 0 spiro atoms. The van der Waals surface area contributed by atoms with Crippen LogP contribution >= 0.6 is 0 Å². The lowest BCUT2D eigenvalue weighted by Crippen LogP contribution is -1.95. The zero-order chi connectivity index (χ0) is 41.0. The number of fused-ring (bicyclic) bond motifs is 8. The van der Waals surface area contributed by atoms with E-state index in [-0.39, 0.29) is 0 Å². The van der Waals surface area contributed by atoms with Crippen molar-refractivity contribution in [1.29, 1.82) is 0 Å². The normalized spacial score (nSPS) is 11.5. The zero-order valence-corrected chi connectivity index (χ0v) is 34.0. The number of para-hydroxylation sites is 3. The Bertz CT molecular complexity index is 3470. The van der Waals surface area contributed by atoms with Crippen LogP contribution in [0, 0.1) is 0 Å². The summed E-state index contributed by atoms with van der Waals surface area (Å²) in [7, 11) is 0. The van der Waals surface area contributed by atoms with Gasteiger partial charge < -0.3 is 9.88 Å². The molecule has 1 N–H and O–H groups in total. The Balaban J connectivity index is 0.855. The molecule has 1 aliphatic heterocycles. The highest BCUT2D eigenvalue weighted by atomic mass is 15.0. The molecule has 0 bridgehead atoms. The molecule has 0 fully saturated rings. The molecule has 290 valence electrons. The van der Waals surface area contributed by atoms with Gasteiger partial charge in [-0.15, -0.1) is 0 Å². The molecule has 0 saturated carbocycles. The van der Waals surface area contributed by atoms with Gasteiger partial charge in [-0.1, -0.05) is 182 Å². The van der Waals surface area contributed by atoms with E-state index in [1.165, 1.54) is 99.8 Å². The van der Waals surface area contributed by atoms with E-state index in [1.807, 2.05) is 0 Å². The predicted molar refractivity (Wildman–Crippen MR) is 262 cm³/mol. The summed E-state index contributed by atoms with van der Waals surface area (Å²) in [6, 6.07) is 85.9. The van der Waals surface area contributed by atoms with E-state index in [0.717, 1.165) is 16.9 Å². The number of hydrogen-bond donors (Lipinski definition) is 1. The van der Waals surface area contributed by atoms with Gasteiger partial charge >= 0.3 is 0 Å². The molecule has 0 aliphatic carbocycles. The fourth-order valence-electron chi connectivity index (χ4n) is 9.54. The van der Waals surface area contributed by atoms with Gasteiger partial charge in [-0.3, -0.25) is 0 Å². The third-order valence-corrected chi connectivity index (χ3v) is 12.5. The highest BCUT2D eigenvalue weighted by Crippen LogP contribution is 2.48. The van der Waals surface area contributed by atoms with Crippen LogP contribution in [0.1, 0.15) is 0 Å². The summed E-state index contributed by atoms with van der Waals surface area (Å²) in [6.45, 7) is 0. The Morgan fingerprint density at radius 2 is 0.774 bits per heavy atom. The molecule has 0 atom stereocenters. The fraction of sp³-hybridized carbons (Fsp3) is 0. The third-order valence-electron chi connectivity index (χ3n) is 12.5. The molecule has 10 aromatic carbocycles. The number of hydrogen-bond acceptors (Lipinski definition) is 1. The van der Waals surface area contributed by atoms with Gasteiger partial charge in [-0.05, 0) is 116 Å². The first-order chi connectivity index (χ1) is 30.7. The Kier molecular flexibility index (Phi) is 8.53. The van der Waals surface area contributed by atoms with Crippen LogP contribution < -0.4 is 5.32 Å². The summed E-state index contributed by atoms with van der Waals surface area (Å²) in [5.74, 6) is 0. The van der Waals surface area contributed by atoms with Crippen molar-refractivity contribution >= 4 is 33.2 Å². The van der Waals surface area contributed by atoms with Gasteiger partial charge in [0.15, 0.2) is 0 Å². The monoisotopic (exact) mass is 788 g/mol. The first kappa shape index (κ1) is 35.7. The van der Waals surface area contributed by atoms with E-state index in [4.69, 9.17) is 0 Å². The minimum absolute atomic E-state index is 1.05. The van der Waals surface area contributed by atoms with Crippen LogP contribution in [-0.2, 0) is 0 Å². The maximum absolute atomic E-state index is 3.72. The van der Waals surface area contributed by atoms with Gasteiger partial charge in [-0.2, -0.15) is 0 Å². The molecule has 0 saturated heterocycles. The summed E-state index contributed by atoms with van der Waals surface area (Å²) < 4.78 is 2.48. The molecule has 2 heteroatoms. The minimum atomic E-state index is 1.05. The molecule has 2 heterocycles. The van der Waals surface area contributed by atoms with Gasteiger partial charge in [-0.25, -0.2) is 0 Å². The summed E-state index contributed by atoms with van der Waals surface area (Å²) in [5.41, 5.74) is 22.8. The molecule has 0 amide bonds. The van der Waals surface area contributed by atoms with Crippen LogP contribution in [0.5, 0.6) is 0 Å². The van der Waals surface area contributed by atoms with Crippen molar-refractivity contribution in [3.63, 3.8) is 0 Å². The number of aromatic nitrogens is 1. The molecular weight excluding hydrogens is 749 g/mol. The molecule has 12 rings (SSSR count). The van der Waals surface area contributed by atoms with Crippen molar-refractivity contribution in [2.75, 3.05) is 5.32 Å². The Labute approximate surface area is 361 Å². The lowest BCUT2D eigenvalue weighted by Gasteiger charge is -2.14. The average molecular weight is 789 g/mol. The summed E-state index contributed by atoms with van der Waals surface area (Å²) in [5, 5.41) is 6.26. The highest BCUT2D eigenvalue weighted by molar-refractivity contribution is 6.17. The first-order valence-electron chi connectivity index (χ1n) is 21.3. The Morgan fingerprint density at radius 3 is 1.50 bits per heavy atom. The predicted octanol–water partition coefficient (Wildman–Crippen LogP) is 16.5. The lowest BCUT2D eigenvalue weighted by atomic mass is 9.91. The number of nitrogens with zero attached hydrogens (tertiary/aromatic N) is 1.